The number of carboxylic acids is 1. The zero-order chi connectivity index (χ0) is 17.7. The third kappa shape index (κ3) is 3.50. The monoisotopic (exact) mass is 328 g/mol. The molecule has 0 aliphatic rings. The van der Waals surface area contributed by atoms with Gasteiger partial charge in [-0.1, -0.05) is 0 Å². The van der Waals surface area contributed by atoms with Gasteiger partial charge in [-0.3, -0.25) is 0 Å². The highest BCUT2D eigenvalue weighted by Gasteiger charge is 2.25. The maximum Gasteiger partial charge on any atom is 0.330 e. The normalized spacial score (nSPS) is 11.2. The first-order valence-electron chi connectivity index (χ1n) is 6.94. The maximum absolute atomic E-state index is 11.6. The van der Waals surface area contributed by atoms with Crippen molar-refractivity contribution >= 4 is 11.7 Å². The molecule has 0 saturated heterocycles. The Morgan fingerprint density at radius 3 is 2.25 bits per heavy atom. The highest BCUT2D eigenvalue weighted by atomic mass is 16.5. The van der Waals surface area contributed by atoms with E-state index >= 15 is 0 Å². The summed E-state index contributed by atoms with van der Waals surface area (Å²) in [7, 11) is 2.84. The van der Waals surface area contributed by atoms with Crippen LogP contribution in [0.15, 0.2) is 36.4 Å². The number of carboxylic acid groups (broad SMARTS) is 1. The molecule has 7 nitrogen and oxygen atoms in total. The number of rotatable bonds is 6. The zero-order valence-electron chi connectivity index (χ0n) is 13.1. The van der Waals surface area contributed by atoms with Gasteiger partial charge in [0, 0.05) is 17.3 Å². The molecule has 1 unspecified atom stereocenters. The van der Waals surface area contributed by atoms with E-state index < -0.39 is 12.0 Å². The van der Waals surface area contributed by atoms with Gasteiger partial charge in [0.15, 0.2) is 17.5 Å². The molecule has 0 radical (unpaired) electrons. The van der Waals surface area contributed by atoms with Crippen LogP contribution < -0.4 is 14.8 Å². The molecular weight excluding hydrogens is 312 g/mol. The summed E-state index contributed by atoms with van der Waals surface area (Å²) in [4.78, 5) is 11.6. The Morgan fingerprint density at radius 2 is 1.75 bits per heavy atom. The number of aromatic hydroxyl groups is 1. The lowest BCUT2D eigenvalue weighted by Gasteiger charge is -2.19. The summed E-state index contributed by atoms with van der Waals surface area (Å²) in [5.41, 5.74) is 1.08. The molecule has 7 heteroatoms. The Morgan fingerprint density at radius 1 is 1.17 bits per heavy atom. The number of nitriles is 1. The molecule has 124 valence electrons. The number of hydrogen-bond acceptors (Lipinski definition) is 6. The second kappa shape index (κ2) is 7.24. The molecular formula is C17H16N2O5. The Balaban J connectivity index is 2.40. The molecule has 3 N–H and O–H groups in total. The average molecular weight is 328 g/mol. The van der Waals surface area contributed by atoms with E-state index in [1.807, 2.05) is 6.07 Å². The van der Waals surface area contributed by atoms with Crippen LogP contribution in [0, 0.1) is 11.3 Å². The first-order chi connectivity index (χ1) is 11.5. The lowest BCUT2D eigenvalue weighted by molar-refractivity contribution is -0.138. The minimum atomic E-state index is -1.21. The van der Waals surface area contributed by atoms with Crippen LogP contribution in [-0.2, 0) is 4.79 Å². The molecule has 0 bridgehead atoms. The van der Waals surface area contributed by atoms with E-state index in [1.54, 1.807) is 24.3 Å². The second-order valence-electron chi connectivity index (χ2n) is 4.87. The largest absolute Gasteiger partial charge is 0.507 e. The number of phenolic OH excluding ortho intramolecular Hbond substituents is 1. The van der Waals surface area contributed by atoms with Gasteiger partial charge in [-0.05, 0) is 30.3 Å². The van der Waals surface area contributed by atoms with E-state index in [0.29, 0.717) is 22.7 Å². The van der Waals surface area contributed by atoms with E-state index in [4.69, 9.17) is 14.7 Å². The Bertz CT molecular complexity index is 781. The van der Waals surface area contributed by atoms with Crippen LogP contribution in [0.4, 0.5) is 5.69 Å². The van der Waals surface area contributed by atoms with Crippen molar-refractivity contribution in [1.29, 1.82) is 5.26 Å². The van der Waals surface area contributed by atoms with Crippen molar-refractivity contribution in [2.75, 3.05) is 19.5 Å². The Hall–Kier alpha value is -3.40. The molecule has 0 aliphatic heterocycles. The fraction of sp³-hybridized carbons (Fsp3) is 0.176. The number of methoxy groups -OCH3 is 2. The molecule has 0 aromatic heterocycles. The molecule has 0 saturated carbocycles. The summed E-state index contributed by atoms with van der Waals surface area (Å²) in [5, 5.41) is 31.3. The van der Waals surface area contributed by atoms with Crippen LogP contribution in [0.5, 0.6) is 17.2 Å². The van der Waals surface area contributed by atoms with Gasteiger partial charge in [0.1, 0.15) is 5.75 Å². The van der Waals surface area contributed by atoms with Crippen LogP contribution >= 0.6 is 0 Å². The summed E-state index contributed by atoms with van der Waals surface area (Å²) in [6.07, 6.45) is 0. The van der Waals surface area contributed by atoms with Crippen LogP contribution in [0.25, 0.3) is 0 Å². The van der Waals surface area contributed by atoms with Crippen molar-refractivity contribution in [2.45, 2.75) is 6.04 Å². The van der Waals surface area contributed by atoms with E-state index in [9.17, 15) is 15.0 Å². The first-order valence-corrected chi connectivity index (χ1v) is 6.94. The number of nitrogens with zero attached hydrogens (tertiary/aromatic N) is 1. The fourth-order valence-electron chi connectivity index (χ4n) is 2.20. The molecule has 2 aromatic rings. The van der Waals surface area contributed by atoms with Crippen molar-refractivity contribution in [1.82, 2.24) is 0 Å². The number of ether oxygens (including phenoxy) is 2. The summed E-state index contributed by atoms with van der Waals surface area (Å²) >= 11 is 0. The van der Waals surface area contributed by atoms with Gasteiger partial charge >= 0.3 is 5.97 Å². The quantitative estimate of drug-likeness (QED) is 0.747. The second-order valence-corrected chi connectivity index (χ2v) is 4.87. The van der Waals surface area contributed by atoms with Gasteiger partial charge in [0.05, 0.1) is 25.9 Å². The number of benzene rings is 2. The number of phenols is 1. The average Bonchev–Trinajstić information content (AvgIpc) is 2.60. The van der Waals surface area contributed by atoms with E-state index in [-0.39, 0.29) is 11.3 Å². The van der Waals surface area contributed by atoms with E-state index in [1.165, 1.54) is 26.4 Å². The van der Waals surface area contributed by atoms with E-state index in [0.717, 1.165) is 0 Å². The standard InChI is InChI=1S/C17H16N2O5/c1-23-14-7-12(13(20)8-15(14)24-2)16(17(21)22)19-11-5-3-10(9-18)4-6-11/h3-8,16,19-20H,1-2H3,(H,21,22). The number of aliphatic carboxylic acids is 1. The van der Waals surface area contributed by atoms with Crippen LogP contribution in [-0.4, -0.2) is 30.4 Å². The molecule has 24 heavy (non-hydrogen) atoms. The van der Waals surface area contributed by atoms with Gasteiger partial charge in [-0.25, -0.2) is 4.79 Å². The molecule has 1 atom stereocenters. The Kier molecular flexibility index (Phi) is 5.12. The summed E-state index contributed by atoms with van der Waals surface area (Å²) in [5.74, 6) is -0.817. The van der Waals surface area contributed by atoms with Crippen molar-refractivity contribution in [3.63, 3.8) is 0 Å². The van der Waals surface area contributed by atoms with Crippen molar-refractivity contribution < 1.29 is 24.5 Å². The smallest absolute Gasteiger partial charge is 0.330 e. The number of carbonyl (C=O) groups is 1. The molecule has 0 aliphatic carbocycles. The summed E-state index contributed by atoms with van der Waals surface area (Å²) in [6, 6.07) is 9.79. The number of anilines is 1. The van der Waals surface area contributed by atoms with Gasteiger partial charge in [0.2, 0.25) is 0 Å². The van der Waals surface area contributed by atoms with Crippen molar-refractivity contribution in [3.8, 4) is 23.3 Å². The number of nitrogens with one attached hydrogen (secondary N) is 1. The SMILES string of the molecule is COc1cc(O)c(C(Nc2ccc(C#N)cc2)C(=O)O)cc1OC. The minimum absolute atomic E-state index is 0.129. The van der Waals surface area contributed by atoms with Gasteiger partial charge in [-0.2, -0.15) is 5.26 Å². The maximum atomic E-state index is 11.6. The molecule has 2 aromatic carbocycles. The van der Waals surface area contributed by atoms with E-state index in [2.05, 4.69) is 5.32 Å². The van der Waals surface area contributed by atoms with Crippen LogP contribution in [0.1, 0.15) is 17.2 Å². The topological polar surface area (TPSA) is 112 Å². The third-order valence-electron chi connectivity index (χ3n) is 3.42. The van der Waals surface area contributed by atoms with Crippen molar-refractivity contribution in [2.24, 2.45) is 0 Å². The highest BCUT2D eigenvalue weighted by Crippen LogP contribution is 2.38. The molecule has 0 fully saturated rings. The van der Waals surface area contributed by atoms with Crippen LogP contribution in [0.2, 0.25) is 0 Å². The molecule has 2 rings (SSSR count). The lowest BCUT2D eigenvalue weighted by Crippen LogP contribution is -2.20. The summed E-state index contributed by atoms with van der Waals surface area (Å²) < 4.78 is 10.2. The fourth-order valence-corrected chi connectivity index (χ4v) is 2.20. The van der Waals surface area contributed by atoms with Crippen molar-refractivity contribution in [3.05, 3.63) is 47.5 Å². The van der Waals surface area contributed by atoms with Gasteiger partial charge in [0.25, 0.3) is 0 Å². The minimum Gasteiger partial charge on any atom is -0.507 e. The van der Waals surface area contributed by atoms with Gasteiger partial charge < -0.3 is 25.0 Å². The summed E-state index contributed by atoms with van der Waals surface area (Å²) in [6.45, 7) is 0. The zero-order valence-corrected chi connectivity index (χ0v) is 13.1. The lowest BCUT2D eigenvalue weighted by atomic mass is 10.0. The first kappa shape index (κ1) is 17.0. The molecule has 0 heterocycles. The van der Waals surface area contributed by atoms with Gasteiger partial charge in [-0.15, -0.1) is 0 Å². The predicted molar refractivity (Wildman–Crippen MR) is 86.4 cm³/mol. The predicted octanol–water partition coefficient (Wildman–Crippen LogP) is 2.52. The molecule has 0 spiro atoms. The van der Waals surface area contributed by atoms with Crippen LogP contribution in [0.3, 0.4) is 0 Å². The third-order valence-corrected chi connectivity index (χ3v) is 3.42. The highest BCUT2D eigenvalue weighted by molar-refractivity contribution is 5.81. The number of hydrogen-bond donors (Lipinski definition) is 3. The molecule has 0 amide bonds. The Labute approximate surface area is 138 Å².